The second kappa shape index (κ2) is 7.72. The number of benzene rings is 1. The van der Waals surface area contributed by atoms with E-state index in [9.17, 15) is 9.50 Å². The lowest BCUT2D eigenvalue weighted by molar-refractivity contribution is 0.169. The minimum absolute atomic E-state index is 0.155. The van der Waals surface area contributed by atoms with Gasteiger partial charge < -0.3 is 9.63 Å². The van der Waals surface area contributed by atoms with E-state index in [2.05, 4.69) is 20.0 Å². The summed E-state index contributed by atoms with van der Waals surface area (Å²) in [6, 6.07) is 7.96. The van der Waals surface area contributed by atoms with Crippen molar-refractivity contribution in [3.63, 3.8) is 0 Å². The molecule has 1 aromatic carbocycles. The number of pyridine rings is 1. The number of β-amino-alcohol motifs (C(OH)–C–C–N with tert-alkyl or cyclic N) is 1. The van der Waals surface area contributed by atoms with Crippen molar-refractivity contribution in [3.05, 3.63) is 76.4 Å². The highest BCUT2D eigenvalue weighted by molar-refractivity contribution is 6.31. The van der Waals surface area contributed by atoms with Crippen LogP contribution in [-0.2, 0) is 13.0 Å². The average Bonchev–Trinajstić information content (AvgIpc) is 3.25. The molecule has 2 aromatic heterocycles. The highest BCUT2D eigenvalue weighted by atomic mass is 35.5. The largest absolute Gasteiger partial charge is 0.392 e. The van der Waals surface area contributed by atoms with Crippen LogP contribution in [0.4, 0.5) is 4.39 Å². The van der Waals surface area contributed by atoms with Gasteiger partial charge in [-0.25, -0.2) is 4.39 Å². The first-order valence-electron chi connectivity index (χ1n) is 8.66. The number of likely N-dealkylation sites (tertiary alicyclic amines) is 1. The Balaban J connectivity index is 1.50. The fourth-order valence-corrected chi connectivity index (χ4v) is 3.58. The lowest BCUT2D eigenvalue weighted by atomic mass is 10.1. The van der Waals surface area contributed by atoms with E-state index in [1.165, 1.54) is 12.1 Å². The van der Waals surface area contributed by atoms with Crippen LogP contribution >= 0.6 is 11.6 Å². The van der Waals surface area contributed by atoms with E-state index < -0.39 is 6.10 Å². The zero-order valence-corrected chi connectivity index (χ0v) is 15.2. The summed E-state index contributed by atoms with van der Waals surface area (Å²) in [7, 11) is 0. The summed E-state index contributed by atoms with van der Waals surface area (Å²) in [5.74, 6) is 0.557. The third kappa shape index (κ3) is 4.16. The lowest BCUT2D eigenvalue weighted by Crippen LogP contribution is -2.24. The minimum Gasteiger partial charge on any atom is -0.392 e. The van der Waals surface area contributed by atoms with Crippen LogP contribution in [0, 0.1) is 5.82 Å². The second-order valence-corrected chi connectivity index (χ2v) is 7.06. The molecule has 1 aliphatic heterocycles. The van der Waals surface area contributed by atoms with E-state index in [4.69, 9.17) is 16.1 Å². The first-order valence-corrected chi connectivity index (χ1v) is 9.03. The molecule has 1 N–H and O–H groups in total. The van der Waals surface area contributed by atoms with Crippen molar-refractivity contribution in [3.8, 4) is 0 Å². The topological polar surface area (TPSA) is 75.3 Å². The Labute approximate surface area is 160 Å². The van der Waals surface area contributed by atoms with Gasteiger partial charge in [0, 0.05) is 36.9 Å². The van der Waals surface area contributed by atoms with Crippen LogP contribution in [0.25, 0.3) is 0 Å². The van der Waals surface area contributed by atoms with E-state index in [0.717, 1.165) is 11.1 Å². The number of aliphatic hydroxyl groups excluding tert-OH is 1. The van der Waals surface area contributed by atoms with Crippen LogP contribution in [0.1, 0.15) is 35.3 Å². The van der Waals surface area contributed by atoms with E-state index in [1.54, 1.807) is 18.5 Å². The van der Waals surface area contributed by atoms with Gasteiger partial charge in [-0.2, -0.15) is 4.98 Å². The summed E-state index contributed by atoms with van der Waals surface area (Å²) >= 11 is 6.07. The Morgan fingerprint density at radius 2 is 2.07 bits per heavy atom. The molecule has 0 radical (unpaired) electrons. The van der Waals surface area contributed by atoms with Crippen LogP contribution in [0.15, 0.2) is 47.2 Å². The molecule has 3 aromatic rings. The molecular formula is C19H18ClFN4O2. The zero-order chi connectivity index (χ0) is 18.8. The van der Waals surface area contributed by atoms with Crippen molar-refractivity contribution in [1.82, 2.24) is 20.0 Å². The number of hydrogen-bond donors (Lipinski definition) is 1. The van der Waals surface area contributed by atoms with Crippen LogP contribution < -0.4 is 0 Å². The van der Waals surface area contributed by atoms with Gasteiger partial charge in [0.05, 0.1) is 12.1 Å². The molecule has 0 spiro atoms. The molecule has 8 heteroatoms. The molecule has 2 atom stereocenters. The van der Waals surface area contributed by atoms with E-state index in [0.29, 0.717) is 42.7 Å². The van der Waals surface area contributed by atoms with Crippen molar-refractivity contribution in [2.45, 2.75) is 31.5 Å². The highest BCUT2D eigenvalue weighted by Crippen LogP contribution is 2.32. The molecular weight excluding hydrogens is 371 g/mol. The number of rotatable bonds is 5. The molecule has 1 aliphatic rings. The van der Waals surface area contributed by atoms with Gasteiger partial charge in [0.1, 0.15) is 5.82 Å². The predicted molar refractivity (Wildman–Crippen MR) is 96.5 cm³/mol. The van der Waals surface area contributed by atoms with Gasteiger partial charge in [0.25, 0.3) is 0 Å². The SMILES string of the molecule is O[C@@H]1C[C@@H](c2nc(Cc3ccc(F)cc3Cl)no2)N(Cc2ccncc2)C1. The Hall–Kier alpha value is -2.35. The summed E-state index contributed by atoms with van der Waals surface area (Å²) in [6.45, 7) is 1.19. The van der Waals surface area contributed by atoms with Crippen molar-refractivity contribution < 1.29 is 14.0 Å². The Kier molecular flexibility index (Phi) is 5.15. The Morgan fingerprint density at radius 3 is 2.85 bits per heavy atom. The van der Waals surface area contributed by atoms with Gasteiger partial charge in [0.15, 0.2) is 5.82 Å². The molecule has 0 amide bonds. The molecule has 3 heterocycles. The van der Waals surface area contributed by atoms with Gasteiger partial charge in [-0.05, 0) is 41.8 Å². The lowest BCUT2D eigenvalue weighted by Gasteiger charge is -2.20. The predicted octanol–water partition coefficient (Wildman–Crippen LogP) is 3.16. The van der Waals surface area contributed by atoms with Crippen molar-refractivity contribution >= 4 is 11.6 Å². The normalized spacial score (nSPS) is 20.3. The van der Waals surface area contributed by atoms with Crippen LogP contribution in [-0.4, -0.2) is 37.8 Å². The zero-order valence-electron chi connectivity index (χ0n) is 14.4. The van der Waals surface area contributed by atoms with Crippen molar-refractivity contribution in [2.75, 3.05) is 6.54 Å². The quantitative estimate of drug-likeness (QED) is 0.723. The third-order valence-electron chi connectivity index (χ3n) is 4.65. The molecule has 27 heavy (non-hydrogen) atoms. The fraction of sp³-hybridized carbons (Fsp3) is 0.316. The van der Waals surface area contributed by atoms with Gasteiger partial charge in [-0.1, -0.05) is 22.8 Å². The first-order chi connectivity index (χ1) is 13.1. The van der Waals surface area contributed by atoms with Crippen LogP contribution in [0.2, 0.25) is 5.02 Å². The molecule has 6 nitrogen and oxygen atoms in total. The van der Waals surface area contributed by atoms with E-state index in [-0.39, 0.29) is 11.9 Å². The first kappa shape index (κ1) is 18.0. The summed E-state index contributed by atoms with van der Waals surface area (Å²) < 4.78 is 18.6. The summed E-state index contributed by atoms with van der Waals surface area (Å²) in [4.78, 5) is 10.6. The molecule has 1 saturated heterocycles. The van der Waals surface area contributed by atoms with Gasteiger partial charge >= 0.3 is 0 Å². The summed E-state index contributed by atoms with van der Waals surface area (Å²) in [5.41, 5.74) is 1.83. The van der Waals surface area contributed by atoms with Gasteiger partial charge in [-0.15, -0.1) is 0 Å². The highest BCUT2D eigenvalue weighted by Gasteiger charge is 2.35. The number of hydrogen-bond acceptors (Lipinski definition) is 6. The van der Waals surface area contributed by atoms with Gasteiger partial charge in [-0.3, -0.25) is 9.88 Å². The maximum Gasteiger partial charge on any atom is 0.244 e. The smallest absolute Gasteiger partial charge is 0.244 e. The molecule has 140 valence electrons. The van der Waals surface area contributed by atoms with Crippen LogP contribution in [0.3, 0.4) is 0 Å². The van der Waals surface area contributed by atoms with Crippen molar-refractivity contribution in [2.24, 2.45) is 0 Å². The molecule has 0 saturated carbocycles. The van der Waals surface area contributed by atoms with E-state index >= 15 is 0 Å². The number of halogens is 2. The molecule has 0 unspecified atom stereocenters. The van der Waals surface area contributed by atoms with Crippen LogP contribution in [0.5, 0.6) is 0 Å². The maximum absolute atomic E-state index is 13.2. The van der Waals surface area contributed by atoms with Gasteiger partial charge in [0.2, 0.25) is 5.89 Å². The third-order valence-corrected chi connectivity index (χ3v) is 5.00. The van der Waals surface area contributed by atoms with E-state index in [1.807, 2.05) is 12.1 Å². The maximum atomic E-state index is 13.2. The number of aliphatic hydroxyl groups is 1. The molecule has 4 rings (SSSR count). The molecule has 0 aliphatic carbocycles. The average molecular weight is 389 g/mol. The Morgan fingerprint density at radius 1 is 1.26 bits per heavy atom. The van der Waals surface area contributed by atoms with Crippen molar-refractivity contribution in [1.29, 1.82) is 0 Å². The number of nitrogens with zero attached hydrogens (tertiary/aromatic N) is 4. The minimum atomic E-state index is -0.446. The molecule has 0 bridgehead atoms. The second-order valence-electron chi connectivity index (χ2n) is 6.65. The number of aromatic nitrogens is 3. The fourth-order valence-electron chi connectivity index (χ4n) is 3.34. The summed E-state index contributed by atoms with van der Waals surface area (Å²) in [5, 5.41) is 14.5. The standard InChI is InChI=1S/C19H18ClFN4O2/c20-16-8-14(21)2-1-13(16)7-18-23-19(27-24-18)17-9-15(26)11-25(17)10-12-3-5-22-6-4-12/h1-6,8,15,17,26H,7,9-11H2/t15-,17+/m1/s1. The monoisotopic (exact) mass is 388 g/mol. The summed E-state index contributed by atoms with van der Waals surface area (Å²) in [6.07, 6.45) is 3.92. The Bertz CT molecular complexity index is 921. The molecule has 1 fully saturated rings.